The number of likely N-dealkylation sites (tertiary alicyclic amines) is 1. The van der Waals surface area contributed by atoms with E-state index in [1.54, 1.807) is 6.07 Å². The number of aromatic hydroxyl groups is 1. The molecule has 1 fully saturated rings. The van der Waals surface area contributed by atoms with Gasteiger partial charge < -0.3 is 20.1 Å². The zero-order valence-electron chi connectivity index (χ0n) is 15.3. The number of carbonyl (C=O) groups is 2. The summed E-state index contributed by atoms with van der Waals surface area (Å²) in [6.45, 7) is -2.53. The van der Waals surface area contributed by atoms with Crippen LogP contribution in [0.1, 0.15) is 23.2 Å². The molecule has 0 aromatic heterocycles. The molecule has 3 rings (SSSR count). The lowest BCUT2D eigenvalue weighted by Gasteiger charge is -2.32. The summed E-state index contributed by atoms with van der Waals surface area (Å²) >= 11 is 5.89. The van der Waals surface area contributed by atoms with E-state index in [-0.39, 0.29) is 35.2 Å². The van der Waals surface area contributed by atoms with E-state index in [9.17, 15) is 23.5 Å². The molecule has 1 saturated heterocycles. The van der Waals surface area contributed by atoms with E-state index in [4.69, 9.17) is 11.6 Å². The molecule has 1 aliphatic rings. The van der Waals surface area contributed by atoms with Crippen LogP contribution in [0.2, 0.25) is 5.02 Å². The number of ether oxygens (including phenoxy) is 1. The summed E-state index contributed by atoms with van der Waals surface area (Å²) in [5.41, 5.74) is 0.197. The Balaban J connectivity index is 1.71. The molecule has 1 unspecified atom stereocenters. The highest BCUT2D eigenvalue weighted by atomic mass is 35.5. The van der Waals surface area contributed by atoms with Gasteiger partial charge in [-0.1, -0.05) is 23.7 Å². The lowest BCUT2D eigenvalue weighted by Crippen LogP contribution is -2.43. The van der Waals surface area contributed by atoms with E-state index in [1.807, 2.05) is 0 Å². The number of hydrogen-bond donors (Lipinski definition) is 2. The molecule has 9 heteroatoms. The first-order valence-electron chi connectivity index (χ1n) is 8.97. The van der Waals surface area contributed by atoms with Crippen molar-refractivity contribution in [3.05, 3.63) is 53.1 Å². The number of amides is 2. The van der Waals surface area contributed by atoms with Gasteiger partial charge >= 0.3 is 6.61 Å². The van der Waals surface area contributed by atoms with Crippen molar-refractivity contribution in [1.82, 2.24) is 4.90 Å². The smallest absolute Gasteiger partial charge is 0.387 e. The molecule has 6 nitrogen and oxygen atoms in total. The van der Waals surface area contributed by atoms with Crippen molar-refractivity contribution in [2.75, 3.05) is 18.4 Å². The van der Waals surface area contributed by atoms with Gasteiger partial charge in [0.1, 0.15) is 11.5 Å². The number of alkyl halides is 2. The molecular formula is C20H19ClF2N2O4. The van der Waals surface area contributed by atoms with E-state index >= 15 is 0 Å². The molecular weight excluding hydrogens is 406 g/mol. The van der Waals surface area contributed by atoms with Gasteiger partial charge in [-0.3, -0.25) is 9.59 Å². The minimum Gasteiger partial charge on any atom is -0.506 e. The van der Waals surface area contributed by atoms with Crippen LogP contribution in [0.25, 0.3) is 0 Å². The number of carbonyl (C=O) groups excluding carboxylic acids is 2. The third-order valence-corrected chi connectivity index (χ3v) is 4.86. The molecule has 154 valence electrons. The number of piperidine rings is 1. The van der Waals surface area contributed by atoms with Crippen molar-refractivity contribution in [3.8, 4) is 11.5 Å². The van der Waals surface area contributed by atoms with E-state index in [0.717, 1.165) is 0 Å². The van der Waals surface area contributed by atoms with E-state index in [2.05, 4.69) is 10.1 Å². The number of nitrogens with one attached hydrogen (secondary N) is 1. The van der Waals surface area contributed by atoms with E-state index in [1.165, 1.54) is 41.3 Å². The lowest BCUT2D eigenvalue weighted by molar-refractivity contribution is -0.121. The third kappa shape index (κ3) is 5.14. The molecule has 2 aromatic carbocycles. The van der Waals surface area contributed by atoms with Crippen molar-refractivity contribution in [1.29, 1.82) is 0 Å². The first-order valence-corrected chi connectivity index (χ1v) is 9.35. The molecule has 0 spiro atoms. The molecule has 0 bridgehead atoms. The fraction of sp³-hybridized carbons (Fsp3) is 0.300. The van der Waals surface area contributed by atoms with Crippen LogP contribution in [0.3, 0.4) is 0 Å². The monoisotopic (exact) mass is 424 g/mol. The lowest BCUT2D eigenvalue weighted by atomic mass is 9.96. The minimum absolute atomic E-state index is 0.0151. The molecule has 2 amide bonds. The maximum absolute atomic E-state index is 12.8. The van der Waals surface area contributed by atoms with Crippen LogP contribution in [0, 0.1) is 5.92 Å². The maximum Gasteiger partial charge on any atom is 0.387 e. The first kappa shape index (κ1) is 20.9. The van der Waals surface area contributed by atoms with E-state index in [0.29, 0.717) is 24.4 Å². The fourth-order valence-corrected chi connectivity index (χ4v) is 3.40. The van der Waals surface area contributed by atoms with Crippen molar-refractivity contribution >= 4 is 29.1 Å². The summed E-state index contributed by atoms with van der Waals surface area (Å²) in [6.07, 6.45) is 1.12. The summed E-state index contributed by atoms with van der Waals surface area (Å²) < 4.78 is 29.7. The van der Waals surface area contributed by atoms with E-state index < -0.39 is 18.4 Å². The Morgan fingerprint density at radius 2 is 2.00 bits per heavy atom. The van der Waals surface area contributed by atoms with Gasteiger partial charge in [-0.25, -0.2) is 0 Å². The second-order valence-electron chi connectivity index (χ2n) is 6.62. The van der Waals surface area contributed by atoms with Crippen molar-refractivity contribution in [2.45, 2.75) is 19.5 Å². The number of para-hydroxylation sites is 1. The van der Waals surface area contributed by atoms with Crippen molar-refractivity contribution < 1.29 is 28.2 Å². The fourth-order valence-electron chi connectivity index (χ4n) is 3.23. The summed E-state index contributed by atoms with van der Waals surface area (Å²) in [7, 11) is 0. The van der Waals surface area contributed by atoms with Crippen LogP contribution >= 0.6 is 11.6 Å². The molecule has 0 saturated carbocycles. The first-order chi connectivity index (χ1) is 13.8. The normalized spacial score (nSPS) is 16.6. The number of anilines is 1. The summed E-state index contributed by atoms with van der Waals surface area (Å²) in [4.78, 5) is 26.9. The maximum atomic E-state index is 12.8. The van der Waals surface area contributed by atoms with Gasteiger partial charge in [0.25, 0.3) is 5.91 Å². The van der Waals surface area contributed by atoms with Gasteiger partial charge in [-0.05, 0) is 43.2 Å². The quantitative estimate of drug-likeness (QED) is 0.707. The Kier molecular flexibility index (Phi) is 6.53. The highest BCUT2D eigenvalue weighted by Gasteiger charge is 2.30. The number of hydrogen-bond acceptors (Lipinski definition) is 4. The second kappa shape index (κ2) is 9.09. The van der Waals surface area contributed by atoms with Gasteiger partial charge in [0.15, 0.2) is 0 Å². The molecule has 29 heavy (non-hydrogen) atoms. The number of benzene rings is 2. The summed E-state index contributed by atoms with van der Waals surface area (Å²) in [5, 5.41) is 12.8. The molecule has 2 N–H and O–H groups in total. The Morgan fingerprint density at radius 1 is 1.24 bits per heavy atom. The van der Waals surface area contributed by atoms with Gasteiger partial charge in [-0.2, -0.15) is 8.78 Å². The topological polar surface area (TPSA) is 78.9 Å². The van der Waals surface area contributed by atoms with Crippen molar-refractivity contribution in [2.24, 2.45) is 5.92 Å². The Bertz CT molecular complexity index is 910. The summed E-state index contributed by atoms with van der Waals surface area (Å²) in [6, 6.07) is 10.1. The average molecular weight is 425 g/mol. The second-order valence-corrected chi connectivity index (χ2v) is 7.05. The van der Waals surface area contributed by atoms with Gasteiger partial charge in [0, 0.05) is 18.1 Å². The molecule has 0 radical (unpaired) electrons. The molecule has 1 heterocycles. The van der Waals surface area contributed by atoms with Crippen LogP contribution in [0.15, 0.2) is 42.5 Å². The standard InChI is InChI=1S/C20H19ClF2N2O4/c21-13-7-8-16(26)15(10-13)24-18(27)12-4-3-9-25(11-12)19(28)14-5-1-2-6-17(14)29-20(22)23/h1-2,5-8,10,12,20,26H,3-4,9,11H2,(H,24,27). The largest absolute Gasteiger partial charge is 0.506 e. The minimum atomic E-state index is -3.05. The molecule has 1 aliphatic heterocycles. The van der Waals surface area contributed by atoms with Gasteiger partial charge in [-0.15, -0.1) is 0 Å². The number of phenolic OH excluding ortho intramolecular Hbond substituents is 1. The zero-order valence-corrected chi connectivity index (χ0v) is 16.0. The number of halogens is 3. The van der Waals surface area contributed by atoms with Crippen molar-refractivity contribution in [3.63, 3.8) is 0 Å². The van der Waals surface area contributed by atoms with Gasteiger partial charge in [0.2, 0.25) is 5.91 Å². The Labute approximate surface area is 171 Å². The predicted octanol–water partition coefficient (Wildman–Crippen LogP) is 4.14. The zero-order chi connectivity index (χ0) is 21.0. The van der Waals surface area contributed by atoms with Crippen LogP contribution in [-0.2, 0) is 4.79 Å². The third-order valence-electron chi connectivity index (χ3n) is 4.63. The van der Waals surface area contributed by atoms with Crippen LogP contribution in [0.5, 0.6) is 11.5 Å². The van der Waals surface area contributed by atoms with Crippen LogP contribution < -0.4 is 10.1 Å². The molecule has 0 aliphatic carbocycles. The highest BCUT2D eigenvalue weighted by molar-refractivity contribution is 6.31. The van der Waals surface area contributed by atoms with Gasteiger partial charge in [0.05, 0.1) is 17.2 Å². The highest BCUT2D eigenvalue weighted by Crippen LogP contribution is 2.29. The number of phenols is 1. The Hall–Kier alpha value is -2.87. The van der Waals surface area contributed by atoms with Crippen LogP contribution in [0.4, 0.5) is 14.5 Å². The predicted molar refractivity (Wildman–Crippen MR) is 103 cm³/mol. The van der Waals surface area contributed by atoms with Crippen LogP contribution in [-0.4, -0.2) is 41.5 Å². The average Bonchev–Trinajstić information content (AvgIpc) is 2.70. The molecule has 1 atom stereocenters. The number of rotatable bonds is 5. The summed E-state index contributed by atoms with van der Waals surface area (Å²) in [5.74, 6) is -1.69. The Morgan fingerprint density at radius 3 is 2.76 bits per heavy atom. The number of nitrogens with zero attached hydrogens (tertiary/aromatic N) is 1. The SMILES string of the molecule is O=C(Nc1cc(Cl)ccc1O)C1CCCN(C(=O)c2ccccc2OC(F)F)C1. The molecule has 2 aromatic rings.